The minimum Gasteiger partial charge on any atom is -0.346 e. The second-order valence-corrected chi connectivity index (χ2v) is 5.40. The topological polar surface area (TPSA) is 17.0 Å². The van der Waals surface area contributed by atoms with E-state index in [1.54, 1.807) is 0 Å². The Hall–Kier alpha value is -1.72. The van der Waals surface area contributed by atoms with Gasteiger partial charge in [0.05, 0.1) is 0 Å². The third kappa shape index (κ3) is 4.37. The van der Waals surface area contributed by atoms with Crippen molar-refractivity contribution in [1.82, 2.24) is 9.88 Å². The van der Waals surface area contributed by atoms with Crippen molar-refractivity contribution >= 4 is 10.9 Å². The maximum atomic E-state index is 3.48. The van der Waals surface area contributed by atoms with Crippen LogP contribution in [-0.2, 0) is 13.0 Å². The van der Waals surface area contributed by atoms with Crippen molar-refractivity contribution in [3.63, 3.8) is 0 Å². The van der Waals surface area contributed by atoms with Crippen LogP contribution in [0, 0.1) is 11.8 Å². The van der Waals surface area contributed by atoms with Crippen LogP contribution in [0.15, 0.2) is 30.5 Å². The number of aryl methyl sites for hydroxylation is 2. The molecule has 0 bridgehead atoms. The van der Waals surface area contributed by atoms with E-state index in [4.69, 9.17) is 0 Å². The Morgan fingerprint density at radius 2 is 2.05 bits per heavy atom. The monoisotopic (exact) mass is 282 g/mol. The maximum absolute atomic E-state index is 3.48. The minimum absolute atomic E-state index is 0.923. The molecule has 112 valence electrons. The average Bonchev–Trinajstić information content (AvgIpc) is 2.86. The van der Waals surface area contributed by atoms with Crippen molar-refractivity contribution in [2.24, 2.45) is 0 Å². The summed E-state index contributed by atoms with van der Waals surface area (Å²) >= 11 is 0. The van der Waals surface area contributed by atoms with Crippen LogP contribution < -0.4 is 5.32 Å². The van der Waals surface area contributed by atoms with Crippen molar-refractivity contribution in [1.29, 1.82) is 0 Å². The lowest BCUT2D eigenvalue weighted by molar-refractivity contribution is 0.639. The van der Waals surface area contributed by atoms with Gasteiger partial charge in [-0.05, 0) is 50.9 Å². The molecule has 2 aromatic rings. The predicted molar refractivity (Wildman–Crippen MR) is 91.5 cm³/mol. The smallest absolute Gasteiger partial charge is 0.0483 e. The SMILES string of the molecule is CC#CCCn1cc(CCCNCCC)c2ccccc21. The molecular formula is C19H26N2. The highest BCUT2D eigenvalue weighted by Crippen LogP contribution is 2.22. The quantitative estimate of drug-likeness (QED) is 0.572. The van der Waals surface area contributed by atoms with Crippen LogP contribution >= 0.6 is 0 Å². The molecule has 0 unspecified atom stereocenters. The van der Waals surface area contributed by atoms with E-state index >= 15 is 0 Å². The number of fused-ring (bicyclic) bond motifs is 1. The van der Waals surface area contributed by atoms with E-state index in [1.165, 1.54) is 29.3 Å². The summed E-state index contributed by atoms with van der Waals surface area (Å²) < 4.78 is 2.36. The first-order chi connectivity index (χ1) is 10.4. The van der Waals surface area contributed by atoms with E-state index in [-0.39, 0.29) is 0 Å². The van der Waals surface area contributed by atoms with Crippen LogP contribution in [0.3, 0.4) is 0 Å². The van der Waals surface area contributed by atoms with Gasteiger partial charge in [-0.1, -0.05) is 25.1 Å². The van der Waals surface area contributed by atoms with Gasteiger partial charge in [0, 0.05) is 30.1 Å². The van der Waals surface area contributed by atoms with Crippen LogP contribution in [0.1, 0.15) is 38.7 Å². The zero-order valence-corrected chi connectivity index (χ0v) is 13.3. The Bertz CT molecular complexity index is 613. The largest absolute Gasteiger partial charge is 0.346 e. The molecule has 0 radical (unpaired) electrons. The van der Waals surface area contributed by atoms with E-state index < -0.39 is 0 Å². The molecule has 0 spiro atoms. The van der Waals surface area contributed by atoms with E-state index in [1.807, 2.05) is 6.92 Å². The van der Waals surface area contributed by atoms with Crippen LogP contribution in [0.25, 0.3) is 10.9 Å². The van der Waals surface area contributed by atoms with Crippen molar-refractivity contribution in [2.45, 2.75) is 46.1 Å². The second-order valence-electron chi connectivity index (χ2n) is 5.40. The molecule has 0 aliphatic rings. The highest BCUT2D eigenvalue weighted by molar-refractivity contribution is 5.84. The predicted octanol–water partition coefficient (Wildman–Crippen LogP) is 3.99. The highest BCUT2D eigenvalue weighted by atomic mass is 15.0. The molecule has 1 aromatic carbocycles. The van der Waals surface area contributed by atoms with Gasteiger partial charge in [0.1, 0.15) is 0 Å². The summed E-state index contributed by atoms with van der Waals surface area (Å²) in [5.74, 6) is 6.13. The van der Waals surface area contributed by atoms with Gasteiger partial charge >= 0.3 is 0 Å². The number of nitrogens with one attached hydrogen (secondary N) is 1. The molecule has 0 atom stereocenters. The lowest BCUT2D eigenvalue weighted by atomic mass is 10.1. The number of para-hydroxylation sites is 1. The fourth-order valence-corrected chi connectivity index (χ4v) is 2.71. The van der Waals surface area contributed by atoms with E-state index in [2.05, 4.69) is 59.1 Å². The zero-order valence-electron chi connectivity index (χ0n) is 13.3. The molecule has 21 heavy (non-hydrogen) atoms. The molecule has 0 amide bonds. The van der Waals surface area contributed by atoms with Crippen LogP contribution in [-0.4, -0.2) is 17.7 Å². The molecule has 0 aliphatic heterocycles. The molecule has 1 aromatic heterocycles. The zero-order chi connectivity index (χ0) is 14.9. The molecule has 2 rings (SSSR count). The van der Waals surface area contributed by atoms with Gasteiger partial charge < -0.3 is 9.88 Å². The molecule has 0 saturated heterocycles. The molecule has 2 nitrogen and oxygen atoms in total. The van der Waals surface area contributed by atoms with Gasteiger partial charge in [0.25, 0.3) is 0 Å². The number of benzene rings is 1. The minimum atomic E-state index is 0.923. The third-order valence-corrected chi connectivity index (χ3v) is 3.75. The molecular weight excluding hydrogens is 256 g/mol. The van der Waals surface area contributed by atoms with Crippen molar-refractivity contribution in [2.75, 3.05) is 13.1 Å². The Morgan fingerprint density at radius 1 is 1.19 bits per heavy atom. The molecule has 0 fully saturated rings. The van der Waals surface area contributed by atoms with E-state index in [9.17, 15) is 0 Å². The third-order valence-electron chi connectivity index (χ3n) is 3.75. The number of nitrogens with zero attached hydrogens (tertiary/aromatic N) is 1. The molecule has 1 heterocycles. The standard InChI is InChI=1S/C19H26N2/c1-3-5-8-15-21-16-17(10-9-14-20-13-4-2)18-11-6-7-12-19(18)21/h6-7,11-12,16,20H,4,8-10,13-15H2,1-2H3. The first-order valence-corrected chi connectivity index (χ1v) is 8.04. The number of hydrogen-bond acceptors (Lipinski definition) is 1. The van der Waals surface area contributed by atoms with Crippen molar-refractivity contribution in [3.05, 3.63) is 36.0 Å². The number of aromatic nitrogens is 1. The summed E-state index contributed by atoms with van der Waals surface area (Å²) in [5.41, 5.74) is 2.81. The Kier molecular flexibility index (Phi) is 6.37. The van der Waals surface area contributed by atoms with Crippen LogP contribution in [0.5, 0.6) is 0 Å². The first kappa shape index (κ1) is 15.7. The Morgan fingerprint density at radius 3 is 2.86 bits per heavy atom. The first-order valence-electron chi connectivity index (χ1n) is 8.04. The van der Waals surface area contributed by atoms with E-state index in [0.717, 1.165) is 32.5 Å². The second kappa shape index (κ2) is 8.54. The fourth-order valence-electron chi connectivity index (χ4n) is 2.71. The van der Waals surface area contributed by atoms with Gasteiger partial charge in [0.2, 0.25) is 0 Å². The number of hydrogen-bond donors (Lipinski definition) is 1. The van der Waals surface area contributed by atoms with Gasteiger partial charge in [-0.3, -0.25) is 0 Å². The van der Waals surface area contributed by atoms with E-state index in [0.29, 0.717) is 0 Å². The summed E-state index contributed by atoms with van der Waals surface area (Å²) in [6, 6.07) is 8.72. The Labute approximate surface area is 128 Å². The van der Waals surface area contributed by atoms with Gasteiger partial charge in [-0.15, -0.1) is 11.8 Å². The van der Waals surface area contributed by atoms with Gasteiger partial charge in [0.15, 0.2) is 0 Å². The summed E-state index contributed by atoms with van der Waals surface area (Å²) in [4.78, 5) is 0. The Balaban J connectivity index is 2.05. The molecule has 0 aliphatic carbocycles. The summed E-state index contributed by atoms with van der Waals surface area (Å²) in [6.07, 6.45) is 6.79. The van der Waals surface area contributed by atoms with Crippen LogP contribution in [0.2, 0.25) is 0 Å². The normalized spacial score (nSPS) is 10.6. The molecule has 1 N–H and O–H groups in total. The molecule has 2 heteroatoms. The fraction of sp³-hybridized carbons (Fsp3) is 0.474. The number of rotatable bonds is 8. The summed E-state index contributed by atoms with van der Waals surface area (Å²) in [5, 5.41) is 4.88. The highest BCUT2D eigenvalue weighted by Gasteiger charge is 2.07. The molecule has 0 saturated carbocycles. The lowest BCUT2D eigenvalue weighted by Gasteiger charge is -2.02. The van der Waals surface area contributed by atoms with Crippen LogP contribution in [0.4, 0.5) is 0 Å². The van der Waals surface area contributed by atoms with Gasteiger partial charge in [-0.2, -0.15) is 0 Å². The summed E-state index contributed by atoms with van der Waals surface area (Å²) in [6.45, 7) is 7.32. The van der Waals surface area contributed by atoms with Gasteiger partial charge in [-0.25, -0.2) is 0 Å². The van der Waals surface area contributed by atoms with Crippen molar-refractivity contribution in [3.8, 4) is 11.8 Å². The van der Waals surface area contributed by atoms with Crippen molar-refractivity contribution < 1.29 is 0 Å². The maximum Gasteiger partial charge on any atom is 0.0483 e. The average molecular weight is 282 g/mol. The summed E-state index contributed by atoms with van der Waals surface area (Å²) in [7, 11) is 0. The lowest BCUT2D eigenvalue weighted by Crippen LogP contribution is -2.16.